The van der Waals surface area contributed by atoms with Gasteiger partial charge in [-0.15, -0.1) is 0 Å². The fourth-order valence-corrected chi connectivity index (χ4v) is 3.43. The number of aliphatic hydroxyl groups excluding tert-OH is 1. The first-order valence-corrected chi connectivity index (χ1v) is 7.97. The number of carbonyl (C=O) groups is 1. The van der Waals surface area contributed by atoms with Crippen LogP contribution in [0.1, 0.15) is 38.2 Å². The molecule has 2 N–H and O–H groups in total. The molecular formula is C17H24F2N2O2. The van der Waals surface area contributed by atoms with E-state index in [0.29, 0.717) is 12.8 Å². The van der Waals surface area contributed by atoms with Crippen LogP contribution in [0.25, 0.3) is 0 Å². The molecule has 1 aromatic rings. The van der Waals surface area contributed by atoms with Crippen LogP contribution in [-0.2, 0) is 5.41 Å². The Balaban J connectivity index is 2.15. The standard InChI is InChI=1S/C17H24F2N2O2/c1-12(22)10-21(2)16(23)20-11-17(8-3-4-9-17)15-13(18)6-5-7-14(15)19/h5-7,12,22H,3-4,8-11H2,1-2H3,(H,20,23). The van der Waals surface area contributed by atoms with Crippen molar-refractivity contribution in [2.45, 2.75) is 44.1 Å². The Kier molecular flexibility index (Phi) is 5.57. The lowest BCUT2D eigenvalue weighted by atomic mass is 9.78. The van der Waals surface area contributed by atoms with Crippen molar-refractivity contribution in [2.75, 3.05) is 20.1 Å². The van der Waals surface area contributed by atoms with Crippen LogP contribution in [-0.4, -0.2) is 42.3 Å². The van der Waals surface area contributed by atoms with Crippen LogP contribution in [0, 0.1) is 11.6 Å². The van der Waals surface area contributed by atoms with Crippen molar-refractivity contribution in [1.82, 2.24) is 10.2 Å². The average Bonchev–Trinajstić information content (AvgIpc) is 2.93. The van der Waals surface area contributed by atoms with Gasteiger partial charge in [-0.05, 0) is 31.9 Å². The van der Waals surface area contributed by atoms with Crippen LogP contribution in [0.5, 0.6) is 0 Å². The minimum atomic E-state index is -0.698. The Labute approximate surface area is 135 Å². The zero-order valence-corrected chi connectivity index (χ0v) is 13.6. The third-order valence-electron chi connectivity index (χ3n) is 4.52. The van der Waals surface area contributed by atoms with Gasteiger partial charge in [0.1, 0.15) is 11.6 Å². The summed E-state index contributed by atoms with van der Waals surface area (Å²) >= 11 is 0. The number of hydrogen-bond donors (Lipinski definition) is 2. The van der Waals surface area contributed by atoms with E-state index >= 15 is 0 Å². The van der Waals surface area contributed by atoms with Gasteiger partial charge >= 0.3 is 6.03 Å². The summed E-state index contributed by atoms with van der Waals surface area (Å²) in [5.74, 6) is -1.11. The van der Waals surface area contributed by atoms with Crippen molar-refractivity contribution in [2.24, 2.45) is 0 Å². The summed E-state index contributed by atoms with van der Waals surface area (Å²) in [5, 5.41) is 12.1. The Morgan fingerprint density at radius 2 is 1.91 bits per heavy atom. The molecule has 1 unspecified atom stereocenters. The molecule has 0 aromatic heterocycles. The predicted octanol–water partition coefficient (Wildman–Crippen LogP) is 2.80. The van der Waals surface area contributed by atoms with E-state index in [9.17, 15) is 18.7 Å². The van der Waals surface area contributed by atoms with Crippen molar-refractivity contribution in [3.63, 3.8) is 0 Å². The van der Waals surface area contributed by atoms with Gasteiger partial charge < -0.3 is 15.3 Å². The maximum absolute atomic E-state index is 14.2. The van der Waals surface area contributed by atoms with Crippen LogP contribution < -0.4 is 5.32 Å². The molecule has 1 atom stereocenters. The first-order valence-electron chi connectivity index (χ1n) is 7.97. The highest BCUT2D eigenvalue weighted by molar-refractivity contribution is 5.74. The minimum absolute atomic E-state index is 0.0796. The minimum Gasteiger partial charge on any atom is -0.392 e. The molecule has 0 bridgehead atoms. The Hall–Kier alpha value is -1.69. The molecule has 2 amide bonds. The zero-order valence-electron chi connectivity index (χ0n) is 13.6. The summed E-state index contributed by atoms with van der Waals surface area (Å²) < 4.78 is 28.4. The van der Waals surface area contributed by atoms with Gasteiger partial charge in [-0.1, -0.05) is 18.9 Å². The number of likely N-dealkylation sites (N-methyl/N-ethyl adjacent to an activating group) is 1. The number of rotatable bonds is 5. The fourth-order valence-electron chi connectivity index (χ4n) is 3.43. The molecule has 2 rings (SSSR count). The second-order valence-electron chi connectivity index (χ2n) is 6.47. The fraction of sp³-hybridized carbons (Fsp3) is 0.588. The molecule has 0 aliphatic heterocycles. The highest BCUT2D eigenvalue weighted by Crippen LogP contribution is 2.42. The molecule has 1 fully saturated rings. The number of halogens is 2. The van der Waals surface area contributed by atoms with Crippen LogP contribution in [0.4, 0.5) is 13.6 Å². The summed E-state index contributed by atoms with van der Waals surface area (Å²) in [6.45, 7) is 1.98. The quantitative estimate of drug-likeness (QED) is 0.874. The normalized spacial score (nSPS) is 17.8. The summed E-state index contributed by atoms with van der Waals surface area (Å²) in [4.78, 5) is 13.5. The number of nitrogens with zero attached hydrogens (tertiary/aromatic N) is 1. The van der Waals surface area contributed by atoms with Crippen LogP contribution in [0.3, 0.4) is 0 Å². The molecule has 0 spiro atoms. The predicted molar refractivity (Wildman–Crippen MR) is 84.2 cm³/mol. The number of carbonyl (C=O) groups excluding carboxylic acids is 1. The van der Waals surface area contributed by atoms with Crippen LogP contribution in [0.2, 0.25) is 0 Å². The van der Waals surface area contributed by atoms with Crippen LogP contribution >= 0.6 is 0 Å². The number of nitrogens with one attached hydrogen (secondary N) is 1. The summed E-state index contributed by atoms with van der Waals surface area (Å²) in [6, 6.07) is 3.53. The molecule has 1 aliphatic carbocycles. The molecule has 0 saturated heterocycles. The van der Waals surface area contributed by atoms with Crippen LogP contribution in [0.15, 0.2) is 18.2 Å². The second kappa shape index (κ2) is 7.25. The Bertz CT molecular complexity index is 537. The molecule has 128 valence electrons. The van der Waals surface area contributed by atoms with E-state index in [-0.39, 0.29) is 24.7 Å². The maximum atomic E-state index is 14.2. The smallest absolute Gasteiger partial charge is 0.317 e. The van der Waals surface area contributed by atoms with E-state index in [1.165, 1.54) is 23.1 Å². The van der Waals surface area contributed by atoms with Gasteiger partial charge in [-0.3, -0.25) is 0 Å². The topological polar surface area (TPSA) is 52.6 Å². The van der Waals surface area contributed by atoms with E-state index in [0.717, 1.165) is 12.8 Å². The molecule has 23 heavy (non-hydrogen) atoms. The van der Waals surface area contributed by atoms with E-state index < -0.39 is 23.2 Å². The van der Waals surface area contributed by atoms with E-state index in [1.807, 2.05) is 0 Å². The van der Waals surface area contributed by atoms with Gasteiger partial charge in [-0.2, -0.15) is 0 Å². The molecular weight excluding hydrogens is 302 g/mol. The molecule has 1 saturated carbocycles. The van der Waals surface area contributed by atoms with Gasteiger partial charge in [0.15, 0.2) is 0 Å². The Morgan fingerprint density at radius 3 is 2.43 bits per heavy atom. The highest BCUT2D eigenvalue weighted by atomic mass is 19.1. The van der Waals surface area contributed by atoms with Gasteiger partial charge in [0, 0.05) is 31.1 Å². The van der Waals surface area contributed by atoms with Crippen molar-refractivity contribution in [1.29, 1.82) is 0 Å². The Morgan fingerprint density at radius 1 is 1.35 bits per heavy atom. The van der Waals surface area contributed by atoms with Crippen molar-refractivity contribution >= 4 is 6.03 Å². The second-order valence-corrected chi connectivity index (χ2v) is 6.47. The molecule has 6 heteroatoms. The molecule has 1 aromatic carbocycles. The summed E-state index contributed by atoms with van der Waals surface area (Å²) in [5.41, 5.74) is -0.618. The molecule has 1 aliphatic rings. The molecule has 4 nitrogen and oxygen atoms in total. The van der Waals surface area contributed by atoms with Crippen molar-refractivity contribution < 1.29 is 18.7 Å². The number of aliphatic hydroxyl groups is 1. The maximum Gasteiger partial charge on any atom is 0.317 e. The van der Waals surface area contributed by atoms with Crippen molar-refractivity contribution in [3.05, 3.63) is 35.4 Å². The monoisotopic (exact) mass is 326 g/mol. The number of amides is 2. The largest absolute Gasteiger partial charge is 0.392 e. The number of benzene rings is 1. The van der Waals surface area contributed by atoms with Crippen molar-refractivity contribution in [3.8, 4) is 0 Å². The lowest BCUT2D eigenvalue weighted by Crippen LogP contribution is -2.46. The zero-order chi connectivity index (χ0) is 17.0. The average molecular weight is 326 g/mol. The molecule has 0 radical (unpaired) electrons. The first-order chi connectivity index (χ1) is 10.9. The van der Waals surface area contributed by atoms with E-state index in [1.54, 1.807) is 14.0 Å². The SMILES string of the molecule is CC(O)CN(C)C(=O)NCC1(c2c(F)cccc2F)CCCC1. The number of hydrogen-bond acceptors (Lipinski definition) is 2. The number of urea groups is 1. The molecule has 0 heterocycles. The lowest BCUT2D eigenvalue weighted by Gasteiger charge is -2.31. The van der Waals surface area contributed by atoms with Gasteiger partial charge in [-0.25, -0.2) is 13.6 Å². The van der Waals surface area contributed by atoms with Gasteiger partial charge in [0.25, 0.3) is 0 Å². The summed E-state index contributed by atoms with van der Waals surface area (Å²) in [7, 11) is 1.58. The first kappa shape index (κ1) is 17.7. The van der Waals surface area contributed by atoms with E-state index in [2.05, 4.69) is 5.32 Å². The lowest BCUT2D eigenvalue weighted by molar-refractivity contribution is 0.142. The van der Waals surface area contributed by atoms with Gasteiger partial charge in [0.2, 0.25) is 0 Å². The van der Waals surface area contributed by atoms with Gasteiger partial charge in [0.05, 0.1) is 6.10 Å². The summed E-state index contributed by atoms with van der Waals surface area (Å²) in [6.07, 6.45) is 2.42. The highest BCUT2D eigenvalue weighted by Gasteiger charge is 2.40. The third kappa shape index (κ3) is 3.99. The third-order valence-corrected chi connectivity index (χ3v) is 4.52. The van der Waals surface area contributed by atoms with E-state index in [4.69, 9.17) is 0 Å².